The molecule has 0 spiro atoms. The van der Waals surface area contributed by atoms with Crippen LogP contribution in [0.2, 0.25) is 0 Å². The van der Waals surface area contributed by atoms with Crippen LogP contribution in [0.4, 0.5) is 0 Å². The van der Waals surface area contributed by atoms with E-state index in [-0.39, 0.29) is 6.54 Å². The molecule has 0 saturated heterocycles. The van der Waals surface area contributed by atoms with Gasteiger partial charge >= 0.3 is 5.97 Å². The Bertz CT molecular complexity index is 281. The molecule has 0 radical (unpaired) electrons. The number of nitrogens with one attached hydrogen (secondary N) is 1. The van der Waals surface area contributed by atoms with Gasteiger partial charge in [0.1, 0.15) is 12.6 Å². The number of nitrogens with two attached hydrogens (primary N) is 1. The SMILES string of the molecule is CCCCO[C@](C)(O)[C@H](N)C(=O)NCC(=O)OC. The zero-order valence-corrected chi connectivity index (χ0v) is 11.1. The van der Waals surface area contributed by atoms with E-state index in [0.29, 0.717) is 6.61 Å². The van der Waals surface area contributed by atoms with E-state index in [9.17, 15) is 14.7 Å². The number of hydrogen-bond acceptors (Lipinski definition) is 6. The predicted octanol–water partition coefficient (Wildman–Crippen LogP) is -0.872. The highest BCUT2D eigenvalue weighted by molar-refractivity contribution is 5.86. The van der Waals surface area contributed by atoms with Crippen LogP contribution in [0.15, 0.2) is 0 Å². The number of ether oxygens (including phenoxy) is 2. The number of methoxy groups -OCH3 is 1. The molecule has 106 valence electrons. The van der Waals surface area contributed by atoms with Gasteiger partial charge in [-0.15, -0.1) is 0 Å². The quantitative estimate of drug-likeness (QED) is 0.298. The number of aliphatic hydroxyl groups is 1. The number of hydrogen-bond donors (Lipinski definition) is 3. The van der Waals surface area contributed by atoms with Crippen molar-refractivity contribution in [3.63, 3.8) is 0 Å². The van der Waals surface area contributed by atoms with Crippen molar-refractivity contribution >= 4 is 11.9 Å². The van der Waals surface area contributed by atoms with Crippen molar-refractivity contribution in [1.29, 1.82) is 0 Å². The molecular formula is C11H22N2O5. The van der Waals surface area contributed by atoms with E-state index >= 15 is 0 Å². The summed E-state index contributed by atoms with van der Waals surface area (Å²) in [6.45, 7) is 3.29. The van der Waals surface area contributed by atoms with Gasteiger partial charge in [-0.3, -0.25) is 9.59 Å². The molecule has 0 rings (SSSR count). The van der Waals surface area contributed by atoms with Crippen LogP contribution in [-0.4, -0.2) is 49.1 Å². The molecule has 18 heavy (non-hydrogen) atoms. The molecule has 7 heteroatoms. The van der Waals surface area contributed by atoms with Gasteiger partial charge in [-0.1, -0.05) is 13.3 Å². The highest BCUT2D eigenvalue weighted by Crippen LogP contribution is 2.11. The molecule has 2 atom stereocenters. The number of unbranched alkanes of at least 4 members (excludes halogenated alkanes) is 1. The molecule has 0 heterocycles. The van der Waals surface area contributed by atoms with Gasteiger partial charge in [0.05, 0.1) is 13.7 Å². The van der Waals surface area contributed by atoms with Gasteiger partial charge in [-0.05, 0) is 13.3 Å². The van der Waals surface area contributed by atoms with Crippen molar-refractivity contribution in [2.75, 3.05) is 20.3 Å². The Balaban J connectivity index is 4.20. The minimum atomic E-state index is -1.77. The van der Waals surface area contributed by atoms with Crippen LogP contribution in [0, 0.1) is 0 Å². The summed E-state index contributed by atoms with van der Waals surface area (Å²) in [7, 11) is 1.21. The summed E-state index contributed by atoms with van der Waals surface area (Å²) in [5.41, 5.74) is 5.57. The molecule has 0 aliphatic carbocycles. The van der Waals surface area contributed by atoms with Crippen molar-refractivity contribution in [2.45, 2.75) is 38.5 Å². The maximum Gasteiger partial charge on any atom is 0.325 e. The van der Waals surface area contributed by atoms with Crippen molar-refractivity contribution in [3.05, 3.63) is 0 Å². The molecule has 0 saturated carbocycles. The number of esters is 1. The zero-order valence-electron chi connectivity index (χ0n) is 11.1. The Hall–Kier alpha value is -1.18. The summed E-state index contributed by atoms with van der Waals surface area (Å²) in [6, 6.07) is -1.28. The maximum absolute atomic E-state index is 11.6. The highest BCUT2D eigenvalue weighted by atomic mass is 16.6. The summed E-state index contributed by atoms with van der Waals surface area (Å²) >= 11 is 0. The second-order valence-corrected chi connectivity index (χ2v) is 4.03. The van der Waals surface area contributed by atoms with Crippen LogP contribution < -0.4 is 11.1 Å². The van der Waals surface area contributed by atoms with Crippen molar-refractivity contribution in [2.24, 2.45) is 5.73 Å². The Morgan fingerprint density at radius 3 is 2.61 bits per heavy atom. The first-order valence-electron chi connectivity index (χ1n) is 5.81. The lowest BCUT2D eigenvalue weighted by atomic mass is 10.1. The van der Waals surface area contributed by atoms with Crippen LogP contribution in [0.5, 0.6) is 0 Å². The molecule has 0 bridgehead atoms. The topological polar surface area (TPSA) is 111 Å². The van der Waals surface area contributed by atoms with Gasteiger partial charge in [0.2, 0.25) is 5.91 Å². The molecule has 0 aliphatic heterocycles. The molecule has 0 aromatic heterocycles. The summed E-state index contributed by atoms with van der Waals surface area (Å²) < 4.78 is 9.50. The molecule has 0 aromatic rings. The Labute approximate surface area is 107 Å². The van der Waals surface area contributed by atoms with Crippen LogP contribution >= 0.6 is 0 Å². The third kappa shape index (κ3) is 5.95. The average Bonchev–Trinajstić information content (AvgIpc) is 2.34. The van der Waals surface area contributed by atoms with E-state index in [0.717, 1.165) is 12.8 Å². The Kier molecular flexibility index (Phi) is 7.49. The second kappa shape index (κ2) is 8.02. The average molecular weight is 262 g/mol. The third-order valence-electron chi connectivity index (χ3n) is 2.39. The molecule has 0 fully saturated rings. The predicted molar refractivity (Wildman–Crippen MR) is 64.5 cm³/mol. The maximum atomic E-state index is 11.6. The van der Waals surface area contributed by atoms with E-state index in [1.165, 1.54) is 14.0 Å². The first-order chi connectivity index (χ1) is 8.35. The molecule has 0 aromatic carbocycles. The standard InChI is InChI=1S/C11H22N2O5/c1-4-5-6-18-11(2,16)9(12)10(15)13-7-8(14)17-3/h9,16H,4-7,12H2,1-3H3,(H,13,15)/t9-,11+/m1/s1. The molecule has 4 N–H and O–H groups in total. The summed E-state index contributed by atoms with van der Waals surface area (Å²) in [4.78, 5) is 22.4. The minimum absolute atomic E-state index is 0.298. The van der Waals surface area contributed by atoms with Gasteiger partial charge in [0, 0.05) is 0 Å². The lowest BCUT2D eigenvalue weighted by molar-refractivity contribution is -0.204. The van der Waals surface area contributed by atoms with E-state index in [2.05, 4.69) is 10.1 Å². The van der Waals surface area contributed by atoms with Crippen molar-refractivity contribution in [1.82, 2.24) is 5.32 Å². The summed E-state index contributed by atoms with van der Waals surface area (Å²) in [6.07, 6.45) is 1.66. The van der Waals surface area contributed by atoms with Gasteiger partial charge < -0.3 is 25.6 Å². The zero-order chi connectivity index (χ0) is 14.2. The molecule has 1 amide bonds. The van der Waals surface area contributed by atoms with Crippen LogP contribution in [0.3, 0.4) is 0 Å². The van der Waals surface area contributed by atoms with Gasteiger partial charge in [0.15, 0.2) is 5.79 Å². The first-order valence-corrected chi connectivity index (χ1v) is 5.81. The fraction of sp³-hybridized carbons (Fsp3) is 0.818. The number of carbonyl (C=O) groups is 2. The van der Waals surface area contributed by atoms with Crippen LogP contribution in [0.1, 0.15) is 26.7 Å². The first kappa shape index (κ1) is 16.8. The molecule has 0 unspecified atom stereocenters. The fourth-order valence-corrected chi connectivity index (χ4v) is 1.10. The highest BCUT2D eigenvalue weighted by Gasteiger charge is 2.35. The number of amides is 1. The molecule has 7 nitrogen and oxygen atoms in total. The minimum Gasteiger partial charge on any atom is -0.468 e. The number of carbonyl (C=O) groups excluding carboxylic acids is 2. The van der Waals surface area contributed by atoms with Crippen LogP contribution in [-0.2, 0) is 19.1 Å². The van der Waals surface area contributed by atoms with Crippen molar-refractivity contribution in [3.8, 4) is 0 Å². The van der Waals surface area contributed by atoms with Gasteiger partial charge in [-0.25, -0.2) is 0 Å². The Morgan fingerprint density at radius 1 is 1.50 bits per heavy atom. The van der Waals surface area contributed by atoms with Crippen LogP contribution in [0.25, 0.3) is 0 Å². The van der Waals surface area contributed by atoms with E-state index < -0.39 is 23.7 Å². The van der Waals surface area contributed by atoms with Gasteiger partial charge in [-0.2, -0.15) is 0 Å². The van der Waals surface area contributed by atoms with Gasteiger partial charge in [0.25, 0.3) is 0 Å². The van der Waals surface area contributed by atoms with E-state index in [4.69, 9.17) is 10.5 Å². The lowest BCUT2D eigenvalue weighted by Crippen LogP contribution is -2.57. The Morgan fingerprint density at radius 2 is 2.11 bits per heavy atom. The fourth-order valence-electron chi connectivity index (χ4n) is 1.10. The normalized spacial score (nSPS) is 15.6. The smallest absolute Gasteiger partial charge is 0.325 e. The lowest BCUT2D eigenvalue weighted by Gasteiger charge is -2.29. The van der Waals surface area contributed by atoms with E-state index in [1.54, 1.807) is 0 Å². The summed E-state index contributed by atoms with van der Waals surface area (Å²) in [5, 5.41) is 12.1. The molecule has 0 aliphatic rings. The van der Waals surface area contributed by atoms with E-state index in [1.807, 2.05) is 6.92 Å². The third-order valence-corrected chi connectivity index (χ3v) is 2.39. The molecular weight excluding hydrogens is 240 g/mol. The summed E-state index contributed by atoms with van der Waals surface area (Å²) in [5.74, 6) is -3.04. The largest absolute Gasteiger partial charge is 0.468 e. The monoisotopic (exact) mass is 262 g/mol. The second-order valence-electron chi connectivity index (χ2n) is 4.03. The number of rotatable bonds is 8. The van der Waals surface area contributed by atoms with Crippen molar-refractivity contribution < 1.29 is 24.2 Å².